The fourth-order valence-corrected chi connectivity index (χ4v) is 2.62. The third-order valence-electron chi connectivity index (χ3n) is 3.54. The van der Waals surface area contributed by atoms with Gasteiger partial charge in [-0.05, 0) is 54.6 Å². The average molecular weight is 388 g/mol. The molecule has 2 aromatic carbocycles. The van der Waals surface area contributed by atoms with Crippen molar-refractivity contribution in [2.24, 2.45) is 0 Å². The van der Waals surface area contributed by atoms with Crippen LogP contribution >= 0.6 is 23.2 Å². The van der Waals surface area contributed by atoms with Crippen LogP contribution in [0.2, 0.25) is 10.0 Å². The van der Waals surface area contributed by atoms with Crippen LogP contribution in [0.4, 0.5) is 17.1 Å². The molecule has 0 radical (unpaired) electrons. The van der Waals surface area contributed by atoms with Crippen LogP contribution < -0.4 is 15.4 Å². The minimum Gasteiger partial charge on any atom is -0.495 e. The van der Waals surface area contributed by atoms with Crippen molar-refractivity contribution in [2.75, 3.05) is 17.7 Å². The Morgan fingerprint density at radius 1 is 0.962 bits per heavy atom. The summed E-state index contributed by atoms with van der Waals surface area (Å²) in [6.45, 7) is 0. The number of carbonyl (C=O) groups is 1. The van der Waals surface area contributed by atoms with Gasteiger partial charge in [0, 0.05) is 16.4 Å². The number of methoxy groups -OCH3 is 1. The Hall–Kier alpha value is -2.76. The largest absolute Gasteiger partial charge is 0.495 e. The van der Waals surface area contributed by atoms with Gasteiger partial charge in [-0.2, -0.15) is 0 Å². The molecule has 0 fully saturated rings. The highest BCUT2D eigenvalue weighted by molar-refractivity contribution is 6.32. The Morgan fingerprint density at radius 3 is 2.27 bits per heavy atom. The van der Waals surface area contributed by atoms with Crippen molar-refractivity contribution in [1.29, 1.82) is 0 Å². The predicted octanol–water partition coefficient (Wildman–Crippen LogP) is 5.39. The lowest BCUT2D eigenvalue weighted by atomic mass is 10.2. The number of hydrogen-bond acceptors (Lipinski definition) is 4. The molecule has 0 aliphatic rings. The third-order valence-corrected chi connectivity index (χ3v) is 4.09. The number of halogens is 2. The number of rotatable bonds is 5. The van der Waals surface area contributed by atoms with Crippen molar-refractivity contribution in [3.8, 4) is 5.75 Å². The number of benzene rings is 2. The minimum absolute atomic E-state index is 0.300. The van der Waals surface area contributed by atoms with Crippen LogP contribution in [-0.4, -0.2) is 18.0 Å². The SMILES string of the molecule is COc1ccc(Nc2ccc(C(=O)Nc3ccc(Cl)cc3)nc2)cc1Cl. The lowest BCUT2D eigenvalue weighted by molar-refractivity contribution is 0.102. The Morgan fingerprint density at radius 2 is 1.65 bits per heavy atom. The first-order chi connectivity index (χ1) is 12.5. The van der Waals surface area contributed by atoms with Crippen LogP contribution in [0.1, 0.15) is 10.5 Å². The van der Waals surface area contributed by atoms with Crippen molar-refractivity contribution >= 4 is 46.2 Å². The number of carbonyl (C=O) groups excluding carboxylic acids is 1. The van der Waals surface area contributed by atoms with Gasteiger partial charge in [-0.3, -0.25) is 4.79 Å². The second-order valence-corrected chi connectivity index (χ2v) is 6.21. The van der Waals surface area contributed by atoms with E-state index in [9.17, 15) is 4.79 Å². The van der Waals surface area contributed by atoms with Crippen molar-refractivity contribution in [1.82, 2.24) is 4.98 Å². The Kier molecular flexibility index (Phi) is 5.61. The number of ether oxygens (including phenoxy) is 1. The van der Waals surface area contributed by atoms with Crippen LogP contribution in [0.5, 0.6) is 5.75 Å². The van der Waals surface area contributed by atoms with E-state index in [0.29, 0.717) is 27.2 Å². The molecule has 26 heavy (non-hydrogen) atoms. The number of aromatic nitrogens is 1. The lowest BCUT2D eigenvalue weighted by Crippen LogP contribution is -2.13. The lowest BCUT2D eigenvalue weighted by Gasteiger charge is -2.09. The van der Waals surface area contributed by atoms with Crippen LogP contribution in [0, 0.1) is 0 Å². The molecular formula is C19H15Cl2N3O2. The van der Waals surface area contributed by atoms with Gasteiger partial charge in [0.05, 0.1) is 24.0 Å². The maximum Gasteiger partial charge on any atom is 0.274 e. The first-order valence-corrected chi connectivity index (χ1v) is 8.44. The highest BCUT2D eigenvalue weighted by atomic mass is 35.5. The zero-order valence-corrected chi connectivity index (χ0v) is 15.3. The van der Waals surface area contributed by atoms with Crippen LogP contribution in [0.25, 0.3) is 0 Å². The van der Waals surface area contributed by atoms with Gasteiger partial charge >= 0.3 is 0 Å². The zero-order chi connectivity index (χ0) is 18.5. The van der Waals surface area contributed by atoms with Gasteiger partial charge in [-0.15, -0.1) is 0 Å². The molecule has 3 rings (SSSR count). The molecule has 0 bridgehead atoms. The number of nitrogens with zero attached hydrogens (tertiary/aromatic N) is 1. The van der Waals surface area contributed by atoms with E-state index in [-0.39, 0.29) is 5.91 Å². The van der Waals surface area contributed by atoms with Crippen molar-refractivity contribution < 1.29 is 9.53 Å². The summed E-state index contributed by atoms with van der Waals surface area (Å²) >= 11 is 11.9. The molecule has 132 valence electrons. The summed E-state index contributed by atoms with van der Waals surface area (Å²) in [5, 5.41) is 7.04. The van der Waals surface area contributed by atoms with E-state index in [0.717, 1.165) is 11.4 Å². The minimum atomic E-state index is -0.300. The molecule has 5 nitrogen and oxygen atoms in total. The third kappa shape index (κ3) is 4.45. The van der Waals surface area contributed by atoms with Gasteiger partial charge in [0.15, 0.2) is 0 Å². The monoisotopic (exact) mass is 387 g/mol. The fraction of sp³-hybridized carbons (Fsp3) is 0.0526. The van der Waals surface area contributed by atoms with E-state index in [1.54, 1.807) is 61.8 Å². The van der Waals surface area contributed by atoms with E-state index in [1.807, 2.05) is 6.07 Å². The number of pyridine rings is 1. The number of amides is 1. The molecule has 1 amide bonds. The molecule has 2 N–H and O–H groups in total. The maximum atomic E-state index is 12.2. The Bertz CT molecular complexity index is 913. The number of hydrogen-bond donors (Lipinski definition) is 2. The summed E-state index contributed by atoms with van der Waals surface area (Å²) in [6.07, 6.45) is 1.58. The molecule has 0 aliphatic carbocycles. The highest BCUT2D eigenvalue weighted by Gasteiger charge is 2.08. The molecule has 7 heteroatoms. The molecule has 3 aromatic rings. The topological polar surface area (TPSA) is 63.2 Å². The number of nitrogens with one attached hydrogen (secondary N) is 2. The second kappa shape index (κ2) is 8.08. The maximum absolute atomic E-state index is 12.2. The van der Waals surface area contributed by atoms with Gasteiger partial charge in [0.1, 0.15) is 11.4 Å². The first kappa shape index (κ1) is 18.0. The highest BCUT2D eigenvalue weighted by Crippen LogP contribution is 2.28. The van der Waals surface area contributed by atoms with Crippen LogP contribution in [0.3, 0.4) is 0 Å². The van der Waals surface area contributed by atoms with E-state index in [4.69, 9.17) is 27.9 Å². The molecule has 0 unspecified atom stereocenters. The molecule has 0 saturated heterocycles. The summed E-state index contributed by atoms with van der Waals surface area (Å²) in [4.78, 5) is 16.4. The van der Waals surface area contributed by atoms with Gasteiger partial charge < -0.3 is 15.4 Å². The average Bonchev–Trinajstić information content (AvgIpc) is 2.64. The van der Waals surface area contributed by atoms with E-state index in [2.05, 4.69) is 15.6 Å². The molecule has 0 saturated carbocycles. The first-order valence-electron chi connectivity index (χ1n) is 7.69. The molecule has 0 spiro atoms. The van der Waals surface area contributed by atoms with Gasteiger partial charge in [0.2, 0.25) is 0 Å². The summed E-state index contributed by atoms with van der Waals surface area (Å²) < 4.78 is 5.12. The molecule has 0 aliphatic heterocycles. The van der Waals surface area contributed by atoms with Crippen molar-refractivity contribution in [3.05, 3.63) is 76.5 Å². The Balaban J connectivity index is 1.67. The molecule has 1 heterocycles. The molecular weight excluding hydrogens is 373 g/mol. The summed E-state index contributed by atoms with van der Waals surface area (Å²) in [5.74, 6) is 0.302. The normalized spacial score (nSPS) is 10.3. The smallest absolute Gasteiger partial charge is 0.274 e. The van der Waals surface area contributed by atoms with Crippen molar-refractivity contribution in [2.45, 2.75) is 0 Å². The summed E-state index contributed by atoms with van der Waals surface area (Å²) in [5.41, 5.74) is 2.47. The molecule has 0 atom stereocenters. The standard InChI is InChI=1S/C19H15Cl2N3O2/c1-26-18-9-7-14(10-16(18)21)23-15-6-8-17(22-11-15)19(25)24-13-4-2-12(20)3-5-13/h2-11,23H,1H3,(H,24,25). The molecule has 1 aromatic heterocycles. The predicted molar refractivity (Wildman–Crippen MR) is 105 cm³/mol. The van der Waals surface area contributed by atoms with E-state index < -0.39 is 0 Å². The summed E-state index contributed by atoms with van der Waals surface area (Å²) in [7, 11) is 1.56. The van der Waals surface area contributed by atoms with Gasteiger partial charge in [-0.25, -0.2) is 4.98 Å². The van der Waals surface area contributed by atoms with Gasteiger partial charge in [0.25, 0.3) is 5.91 Å². The van der Waals surface area contributed by atoms with Gasteiger partial charge in [-0.1, -0.05) is 23.2 Å². The zero-order valence-electron chi connectivity index (χ0n) is 13.8. The number of anilines is 3. The van der Waals surface area contributed by atoms with E-state index >= 15 is 0 Å². The van der Waals surface area contributed by atoms with Crippen LogP contribution in [-0.2, 0) is 0 Å². The summed E-state index contributed by atoms with van der Waals surface area (Å²) in [6, 6.07) is 15.6. The quantitative estimate of drug-likeness (QED) is 0.615. The van der Waals surface area contributed by atoms with Crippen molar-refractivity contribution in [3.63, 3.8) is 0 Å². The Labute approximate surface area is 160 Å². The van der Waals surface area contributed by atoms with Crippen LogP contribution in [0.15, 0.2) is 60.8 Å². The fourth-order valence-electron chi connectivity index (χ4n) is 2.24. The van der Waals surface area contributed by atoms with E-state index in [1.165, 1.54) is 0 Å². The second-order valence-electron chi connectivity index (χ2n) is 5.37.